The maximum atomic E-state index is 12.1. The first-order valence-corrected chi connectivity index (χ1v) is 8.14. The van der Waals surface area contributed by atoms with Crippen LogP contribution >= 0.6 is 11.6 Å². The first-order valence-electron chi connectivity index (χ1n) is 7.76. The van der Waals surface area contributed by atoms with Crippen LogP contribution in [0.4, 0.5) is 17.1 Å². The normalized spacial score (nSPS) is 10.2. The first-order chi connectivity index (χ1) is 13.1. The Morgan fingerprint density at radius 2 is 1.64 bits per heavy atom. The minimum Gasteiger partial charge on any atom is -0.452 e. The van der Waals surface area contributed by atoms with Gasteiger partial charge in [0, 0.05) is 17.2 Å². The van der Waals surface area contributed by atoms with E-state index in [-0.39, 0.29) is 16.4 Å². The molecular formula is C17H14ClN3O7. The highest BCUT2D eigenvalue weighted by molar-refractivity contribution is 6.31. The van der Waals surface area contributed by atoms with E-state index in [0.717, 1.165) is 12.1 Å². The molecule has 0 fully saturated rings. The molecule has 1 amide bonds. The summed E-state index contributed by atoms with van der Waals surface area (Å²) in [4.78, 5) is 44.8. The summed E-state index contributed by atoms with van der Waals surface area (Å²) < 4.78 is 4.78. The zero-order chi connectivity index (χ0) is 21.0. The summed E-state index contributed by atoms with van der Waals surface area (Å²) in [7, 11) is 0. The van der Waals surface area contributed by atoms with Crippen molar-refractivity contribution in [1.29, 1.82) is 0 Å². The number of nitrogens with zero attached hydrogens (tertiary/aromatic N) is 2. The van der Waals surface area contributed by atoms with Gasteiger partial charge in [-0.1, -0.05) is 11.6 Å². The zero-order valence-corrected chi connectivity index (χ0v) is 15.5. The van der Waals surface area contributed by atoms with Crippen LogP contribution in [-0.4, -0.2) is 28.3 Å². The smallest absolute Gasteiger partial charge is 0.345 e. The summed E-state index contributed by atoms with van der Waals surface area (Å²) in [5.74, 6) is -1.97. The molecule has 2 aromatic carbocycles. The molecule has 1 N–H and O–H groups in total. The molecule has 0 atom stereocenters. The van der Waals surface area contributed by atoms with E-state index >= 15 is 0 Å². The lowest BCUT2D eigenvalue weighted by molar-refractivity contribution is -0.385. The van der Waals surface area contributed by atoms with Gasteiger partial charge in [0.1, 0.15) is 11.3 Å². The topological polar surface area (TPSA) is 142 Å². The number of amides is 1. The minimum atomic E-state index is -1.13. The van der Waals surface area contributed by atoms with Crippen LogP contribution < -0.4 is 5.32 Å². The fraction of sp³-hybridized carbons (Fsp3) is 0.176. The lowest BCUT2D eigenvalue weighted by atomic mass is 10.1. The number of nitrogens with one attached hydrogen (secondary N) is 1. The van der Waals surface area contributed by atoms with Crippen molar-refractivity contribution in [2.75, 3.05) is 11.9 Å². The summed E-state index contributed by atoms with van der Waals surface area (Å²) >= 11 is 5.74. The van der Waals surface area contributed by atoms with E-state index in [1.165, 1.54) is 18.2 Å². The number of hydrogen-bond donors (Lipinski definition) is 1. The molecule has 2 aromatic rings. The molecule has 28 heavy (non-hydrogen) atoms. The van der Waals surface area contributed by atoms with E-state index in [9.17, 15) is 29.8 Å². The van der Waals surface area contributed by atoms with Crippen molar-refractivity contribution in [3.05, 3.63) is 72.3 Å². The number of halogens is 1. The number of nitro benzene ring substituents is 2. The number of aryl methyl sites for hydroxylation is 2. The number of hydrogen-bond acceptors (Lipinski definition) is 7. The molecule has 0 saturated heterocycles. The van der Waals surface area contributed by atoms with Crippen LogP contribution in [0, 0.1) is 34.1 Å². The first kappa shape index (κ1) is 20.8. The van der Waals surface area contributed by atoms with Gasteiger partial charge in [0.05, 0.1) is 9.85 Å². The summed E-state index contributed by atoms with van der Waals surface area (Å²) in [6, 6.07) is 6.06. The van der Waals surface area contributed by atoms with Crippen molar-refractivity contribution in [2.24, 2.45) is 0 Å². The number of anilines is 1. The lowest BCUT2D eigenvalue weighted by Crippen LogP contribution is -2.22. The number of ether oxygens (including phenoxy) is 1. The monoisotopic (exact) mass is 407 g/mol. The summed E-state index contributed by atoms with van der Waals surface area (Å²) in [5.41, 5.74) is 0.0787. The van der Waals surface area contributed by atoms with Crippen LogP contribution in [0.25, 0.3) is 0 Å². The third-order valence-corrected chi connectivity index (χ3v) is 4.03. The van der Waals surface area contributed by atoms with Crippen LogP contribution in [-0.2, 0) is 9.53 Å². The zero-order valence-electron chi connectivity index (χ0n) is 14.7. The van der Waals surface area contributed by atoms with E-state index in [4.69, 9.17) is 16.3 Å². The SMILES string of the molecule is Cc1cc(NC(=O)COC(=O)c2cc(Cl)ccc2[N+](=O)[O-])c([N+](=O)[O-])cc1C. The summed E-state index contributed by atoms with van der Waals surface area (Å²) in [5, 5.41) is 24.5. The number of esters is 1. The molecule has 0 aliphatic carbocycles. The quantitative estimate of drug-likeness (QED) is 0.438. The van der Waals surface area contributed by atoms with Gasteiger partial charge >= 0.3 is 5.97 Å². The van der Waals surface area contributed by atoms with Crippen molar-refractivity contribution < 1.29 is 24.2 Å². The Bertz CT molecular complexity index is 991. The van der Waals surface area contributed by atoms with Crippen LogP contribution in [0.15, 0.2) is 30.3 Å². The number of nitro groups is 2. The Labute approximate surface area is 163 Å². The number of carbonyl (C=O) groups excluding carboxylic acids is 2. The van der Waals surface area contributed by atoms with Gasteiger partial charge in [0.2, 0.25) is 0 Å². The molecule has 0 aliphatic heterocycles. The Kier molecular flexibility index (Phi) is 6.26. The summed E-state index contributed by atoms with van der Waals surface area (Å²) in [6.07, 6.45) is 0. The molecule has 2 rings (SSSR count). The Hall–Kier alpha value is -3.53. The van der Waals surface area contributed by atoms with E-state index in [1.807, 2.05) is 0 Å². The van der Waals surface area contributed by atoms with Gasteiger partial charge in [0.15, 0.2) is 6.61 Å². The lowest BCUT2D eigenvalue weighted by Gasteiger charge is -2.09. The van der Waals surface area contributed by atoms with Crippen molar-refractivity contribution in [1.82, 2.24) is 0 Å². The fourth-order valence-electron chi connectivity index (χ4n) is 2.28. The molecule has 11 heteroatoms. The largest absolute Gasteiger partial charge is 0.452 e. The molecule has 0 bridgehead atoms. The van der Waals surface area contributed by atoms with Gasteiger partial charge in [-0.2, -0.15) is 0 Å². The molecule has 0 aliphatic rings. The van der Waals surface area contributed by atoms with Crippen LogP contribution in [0.2, 0.25) is 5.02 Å². The number of rotatable bonds is 6. The Morgan fingerprint density at radius 3 is 2.25 bits per heavy atom. The van der Waals surface area contributed by atoms with Gasteiger partial charge in [-0.25, -0.2) is 4.79 Å². The van der Waals surface area contributed by atoms with Gasteiger partial charge < -0.3 is 10.1 Å². The Morgan fingerprint density at radius 1 is 1.04 bits per heavy atom. The van der Waals surface area contributed by atoms with Crippen LogP contribution in [0.5, 0.6) is 0 Å². The van der Waals surface area contributed by atoms with E-state index in [2.05, 4.69) is 5.32 Å². The molecule has 0 aromatic heterocycles. The van der Waals surface area contributed by atoms with E-state index < -0.39 is 39.6 Å². The predicted octanol–water partition coefficient (Wildman–Crippen LogP) is 3.57. The Balaban J connectivity index is 2.13. The highest BCUT2D eigenvalue weighted by Crippen LogP contribution is 2.28. The average molecular weight is 408 g/mol. The average Bonchev–Trinajstić information content (AvgIpc) is 2.61. The van der Waals surface area contributed by atoms with Crippen molar-refractivity contribution >= 4 is 40.5 Å². The van der Waals surface area contributed by atoms with Gasteiger partial charge in [-0.3, -0.25) is 25.0 Å². The van der Waals surface area contributed by atoms with Crippen molar-refractivity contribution in [2.45, 2.75) is 13.8 Å². The van der Waals surface area contributed by atoms with Crippen LogP contribution in [0.3, 0.4) is 0 Å². The van der Waals surface area contributed by atoms with Gasteiger partial charge in [-0.05, 0) is 43.2 Å². The van der Waals surface area contributed by atoms with Crippen molar-refractivity contribution in [3.8, 4) is 0 Å². The van der Waals surface area contributed by atoms with Crippen LogP contribution in [0.1, 0.15) is 21.5 Å². The molecular weight excluding hydrogens is 394 g/mol. The second-order valence-corrected chi connectivity index (χ2v) is 6.19. The molecule has 0 saturated carbocycles. The highest BCUT2D eigenvalue weighted by Gasteiger charge is 2.23. The third kappa shape index (κ3) is 4.80. The molecule has 10 nitrogen and oxygen atoms in total. The second kappa shape index (κ2) is 8.44. The second-order valence-electron chi connectivity index (χ2n) is 5.75. The molecule has 0 radical (unpaired) electrons. The van der Waals surface area contributed by atoms with E-state index in [0.29, 0.717) is 11.1 Å². The minimum absolute atomic E-state index is 0.0529. The standard InChI is InChI=1S/C17H14ClN3O7/c1-9-5-13(15(21(26)27)6-10(9)2)19-16(22)8-28-17(23)12-7-11(18)3-4-14(12)20(24)25/h3-7H,8H2,1-2H3,(H,19,22). The maximum Gasteiger partial charge on any atom is 0.345 e. The predicted molar refractivity (Wildman–Crippen MR) is 99.6 cm³/mol. The third-order valence-electron chi connectivity index (χ3n) is 3.79. The molecule has 0 unspecified atom stereocenters. The summed E-state index contributed by atoms with van der Waals surface area (Å²) in [6.45, 7) is 2.60. The molecule has 0 heterocycles. The maximum absolute atomic E-state index is 12.1. The van der Waals surface area contributed by atoms with Gasteiger partial charge in [-0.15, -0.1) is 0 Å². The fourth-order valence-corrected chi connectivity index (χ4v) is 2.45. The van der Waals surface area contributed by atoms with E-state index in [1.54, 1.807) is 13.8 Å². The molecule has 0 spiro atoms. The number of benzene rings is 2. The van der Waals surface area contributed by atoms with Crippen molar-refractivity contribution in [3.63, 3.8) is 0 Å². The highest BCUT2D eigenvalue weighted by atomic mass is 35.5. The van der Waals surface area contributed by atoms with Gasteiger partial charge in [0.25, 0.3) is 17.3 Å². The molecule has 146 valence electrons. The number of carbonyl (C=O) groups is 2.